The van der Waals surface area contributed by atoms with Crippen molar-refractivity contribution >= 4 is 21.6 Å². The van der Waals surface area contributed by atoms with E-state index < -0.39 is 10.0 Å². The highest BCUT2D eigenvalue weighted by molar-refractivity contribution is 7.88. The number of amides is 1. The van der Waals surface area contributed by atoms with Crippen LogP contribution >= 0.6 is 0 Å². The number of rotatable bonds is 5. The van der Waals surface area contributed by atoms with E-state index in [0.717, 1.165) is 27.9 Å². The van der Waals surface area contributed by atoms with Gasteiger partial charge in [0.1, 0.15) is 0 Å². The van der Waals surface area contributed by atoms with Crippen molar-refractivity contribution < 1.29 is 13.2 Å². The molecule has 1 saturated heterocycles. The summed E-state index contributed by atoms with van der Waals surface area (Å²) in [7, 11) is -3.46. The normalized spacial score (nSPS) is 18.0. The lowest BCUT2D eigenvalue weighted by Crippen LogP contribution is -2.44. The summed E-state index contributed by atoms with van der Waals surface area (Å²) in [6, 6.07) is 13.4. The van der Waals surface area contributed by atoms with Gasteiger partial charge in [-0.15, -0.1) is 0 Å². The Hall–Kier alpha value is -2.18. The summed E-state index contributed by atoms with van der Waals surface area (Å²) in [6.07, 6.45) is 1.39. The lowest BCUT2D eigenvalue weighted by atomic mass is 9.98. The van der Waals surface area contributed by atoms with Gasteiger partial charge in [-0.25, -0.2) is 12.7 Å². The molecule has 0 unspecified atom stereocenters. The predicted octanol–water partition coefficient (Wildman–Crippen LogP) is 3.79. The Kier molecular flexibility index (Phi) is 6.20. The summed E-state index contributed by atoms with van der Waals surface area (Å²) in [6.45, 7) is 6.60. The molecule has 1 heterocycles. The Morgan fingerprint density at radius 1 is 1.11 bits per heavy atom. The second-order valence-electron chi connectivity index (χ2n) is 7.69. The summed E-state index contributed by atoms with van der Waals surface area (Å²) >= 11 is 0. The van der Waals surface area contributed by atoms with Gasteiger partial charge in [-0.2, -0.15) is 0 Å². The summed E-state index contributed by atoms with van der Waals surface area (Å²) in [5.74, 6) is -0.464. The summed E-state index contributed by atoms with van der Waals surface area (Å²) in [4.78, 5) is 12.8. The molecule has 2 aromatic rings. The van der Waals surface area contributed by atoms with Gasteiger partial charge in [0.05, 0.1) is 11.7 Å². The monoisotopic (exact) mass is 400 g/mol. The number of carbonyl (C=O) groups is 1. The Morgan fingerprint density at radius 3 is 2.57 bits per heavy atom. The first-order valence-corrected chi connectivity index (χ1v) is 11.3. The van der Waals surface area contributed by atoms with Crippen LogP contribution in [0.1, 0.15) is 35.1 Å². The number of hydrogen-bond acceptors (Lipinski definition) is 3. The van der Waals surface area contributed by atoms with E-state index in [1.807, 2.05) is 63.2 Å². The number of anilines is 1. The van der Waals surface area contributed by atoms with Crippen LogP contribution in [-0.2, 0) is 20.6 Å². The average molecular weight is 401 g/mol. The molecule has 1 N–H and O–H groups in total. The number of hydrogen-bond donors (Lipinski definition) is 1. The highest BCUT2D eigenvalue weighted by atomic mass is 32.2. The van der Waals surface area contributed by atoms with Gasteiger partial charge in [-0.1, -0.05) is 42.0 Å². The van der Waals surface area contributed by atoms with Crippen molar-refractivity contribution in [1.82, 2.24) is 4.31 Å². The molecule has 0 spiro atoms. The Balaban J connectivity index is 1.69. The van der Waals surface area contributed by atoms with Gasteiger partial charge >= 0.3 is 0 Å². The van der Waals surface area contributed by atoms with E-state index in [1.54, 1.807) is 0 Å². The highest BCUT2D eigenvalue weighted by Crippen LogP contribution is 2.24. The van der Waals surface area contributed by atoms with E-state index in [9.17, 15) is 13.2 Å². The number of carbonyl (C=O) groups excluding carboxylic acids is 1. The van der Waals surface area contributed by atoms with Gasteiger partial charge in [0, 0.05) is 18.8 Å². The maximum absolute atomic E-state index is 12.9. The molecule has 150 valence electrons. The topological polar surface area (TPSA) is 66.5 Å². The minimum atomic E-state index is -3.46. The number of aryl methyl sites for hydroxylation is 3. The van der Waals surface area contributed by atoms with Gasteiger partial charge < -0.3 is 5.32 Å². The molecule has 0 aromatic heterocycles. The zero-order chi connectivity index (χ0) is 20.3. The lowest BCUT2D eigenvalue weighted by molar-refractivity contribution is -0.120. The average Bonchev–Trinajstić information content (AvgIpc) is 2.66. The second kappa shape index (κ2) is 8.45. The van der Waals surface area contributed by atoms with Crippen LogP contribution in [0.15, 0.2) is 42.5 Å². The molecule has 5 nitrogen and oxygen atoms in total. The molecule has 1 amide bonds. The van der Waals surface area contributed by atoms with Crippen LogP contribution in [0.5, 0.6) is 0 Å². The minimum absolute atomic E-state index is 0.0227. The zero-order valence-electron chi connectivity index (χ0n) is 16.7. The molecule has 0 aliphatic carbocycles. The number of nitrogens with zero attached hydrogens (tertiary/aromatic N) is 1. The van der Waals surface area contributed by atoms with Crippen molar-refractivity contribution in [3.05, 3.63) is 64.7 Å². The first-order valence-electron chi connectivity index (χ1n) is 9.67. The van der Waals surface area contributed by atoms with Gasteiger partial charge in [0.2, 0.25) is 15.9 Å². The first-order chi connectivity index (χ1) is 13.3. The van der Waals surface area contributed by atoms with Crippen molar-refractivity contribution in [3.63, 3.8) is 0 Å². The van der Waals surface area contributed by atoms with Crippen molar-refractivity contribution in [2.75, 3.05) is 18.4 Å². The minimum Gasteiger partial charge on any atom is -0.326 e. The lowest BCUT2D eigenvalue weighted by Gasteiger charge is -2.31. The molecule has 3 rings (SSSR count). The standard InChI is InChI=1S/C22H28N2O3S/c1-16-10-11-21(18(3)13-16)23-22(25)19-9-6-12-24(14-19)28(26,27)15-20-8-5-4-7-17(20)2/h4-5,7-8,10-11,13,19H,6,9,12,14-15H2,1-3H3,(H,23,25)/t19-/m0/s1. The van der Waals surface area contributed by atoms with Crippen LogP contribution in [0.4, 0.5) is 5.69 Å². The molecule has 0 saturated carbocycles. The van der Waals surface area contributed by atoms with E-state index in [2.05, 4.69) is 5.32 Å². The number of sulfonamides is 1. The number of nitrogens with one attached hydrogen (secondary N) is 1. The van der Waals surface area contributed by atoms with Gasteiger partial charge in [-0.3, -0.25) is 4.79 Å². The van der Waals surface area contributed by atoms with Crippen molar-refractivity contribution in [2.24, 2.45) is 5.92 Å². The van der Waals surface area contributed by atoms with Crippen LogP contribution in [0.2, 0.25) is 0 Å². The van der Waals surface area contributed by atoms with E-state index in [1.165, 1.54) is 4.31 Å². The van der Waals surface area contributed by atoms with E-state index in [0.29, 0.717) is 19.4 Å². The SMILES string of the molecule is Cc1ccc(NC(=O)[C@H]2CCCN(S(=O)(=O)Cc3ccccc3C)C2)c(C)c1. The molecular weight excluding hydrogens is 372 g/mol. The van der Waals surface area contributed by atoms with E-state index >= 15 is 0 Å². The maximum atomic E-state index is 12.9. The Labute approximate surface area is 167 Å². The Bertz CT molecular complexity index is 969. The van der Waals surface area contributed by atoms with Crippen LogP contribution < -0.4 is 5.32 Å². The third-order valence-electron chi connectivity index (χ3n) is 5.39. The second-order valence-corrected chi connectivity index (χ2v) is 9.66. The van der Waals surface area contributed by atoms with Crippen LogP contribution in [0, 0.1) is 26.7 Å². The van der Waals surface area contributed by atoms with E-state index in [4.69, 9.17) is 0 Å². The predicted molar refractivity (Wildman–Crippen MR) is 113 cm³/mol. The molecule has 0 bridgehead atoms. The third-order valence-corrected chi connectivity index (χ3v) is 7.18. The van der Waals surface area contributed by atoms with Gasteiger partial charge in [-0.05, 0) is 56.4 Å². The molecule has 1 aliphatic rings. The van der Waals surface area contributed by atoms with Crippen molar-refractivity contribution in [1.29, 1.82) is 0 Å². The molecule has 1 atom stereocenters. The third kappa shape index (κ3) is 4.80. The quantitative estimate of drug-likeness (QED) is 0.830. The fourth-order valence-electron chi connectivity index (χ4n) is 3.66. The molecule has 6 heteroatoms. The fourth-order valence-corrected chi connectivity index (χ4v) is 5.37. The largest absolute Gasteiger partial charge is 0.326 e. The van der Waals surface area contributed by atoms with Crippen molar-refractivity contribution in [2.45, 2.75) is 39.4 Å². The zero-order valence-corrected chi connectivity index (χ0v) is 17.6. The molecule has 2 aromatic carbocycles. The number of benzene rings is 2. The molecule has 0 radical (unpaired) electrons. The summed E-state index contributed by atoms with van der Waals surface area (Å²) in [5, 5.41) is 2.98. The van der Waals surface area contributed by atoms with Crippen LogP contribution in [0.3, 0.4) is 0 Å². The van der Waals surface area contributed by atoms with Gasteiger partial charge in [0.15, 0.2) is 0 Å². The smallest absolute Gasteiger partial charge is 0.228 e. The fraction of sp³-hybridized carbons (Fsp3) is 0.409. The molecule has 1 fully saturated rings. The highest BCUT2D eigenvalue weighted by Gasteiger charge is 2.32. The maximum Gasteiger partial charge on any atom is 0.228 e. The van der Waals surface area contributed by atoms with Crippen LogP contribution in [-0.4, -0.2) is 31.7 Å². The molecule has 1 aliphatic heterocycles. The molecular formula is C22H28N2O3S. The summed E-state index contributed by atoms with van der Waals surface area (Å²) < 4.78 is 27.3. The number of piperidine rings is 1. The van der Waals surface area contributed by atoms with E-state index in [-0.39, 0.29) is 24.1 Å². The molecule has 28 heavy (non-hydrogen) atoms. The first kappa shape index (κ1) is 20.6. The van der Waals surface area contributed by atoms with Gasteiger partial charge in [0.25, 0.3) is 0 Å². The van der Waals surface area contributed by atoms with Crippen molar-refractivity contribution in [3.8, 4) is 0 Å². The van der Waals surface area contributed by atoms with Crippen LogP contribution in [0.25, 0.3) is 0 Å². The Morgan fingerprint density at radius 2 is 1.86 bits per heavy atom. The summed E-state index contributed by atoms with van der Waals surface area (Å²) in [5.41, 5.74) is 4.71.